The number of nitrogens with one attached hydrogen (secondary N) is 1. The lowest BCUT2D eigenvalue weighted by Gasteiger charge is -2.12. The summed E-state index contributed by atoms with van der Waals surface area (Å²) in [4.78, 5) is 12.4. The van der Waals surface area contributed by atoms with Crippen LogP contribution in [-0.4, -0.2) is 39.1 Å². The molecule has 1 aromatic heterocycles. The molecule has 6 nitrogen and oxygen atoms in total. The molecule has 0 bridgehead atoms. The molecule has 8 heteroatoms. The average Bonchev–Trinajstić information content (AvgIpc) is 3.46. The molecule has 1 fully saturated rings. The van der Waals surface area contributed by atoms with Crippen LogP contribution in [0.5, 0.6) is 0 Å². The monoisotopic (exact) mass is 468 g/mol. The second-order valence-corrected chi connectivity index (χ2v) is 8.88. The SMILES string of the molecule is O=C(/C=C/c1ccccc1Cl)NCc1nnc(SC[C@@H]2CCCO2)n1Cc1ccccc1. The summed E-state index contributed by atoms with van der Waals surface area (Å²) in [5, 5.41) is 13.1. The fourth-order valence-electron chi connectivity index (χ4n) is 3.43. The number of halogens is 1. The zero-order valence-corrected chi connectivity index (χ0v) is 19.2. The summed E-state index contributed by atoms with van der Waals surface area (Å²) in [5.74, 6) is 1.34. The van der Waals surface area contributed by atoms with Crippen molar-refractivity contribution in [2.24, 2.45) is 0 Å². The van der Waals surface area contributed by atoms with E-state index in [1.165, 1.54) is 6.08 Å². The molecule has 2 heterocycles. The number of thioether (sulfide) groups is 1. The summed E-state index contributed by atoms with van der Waals surface area (Å²) in [7, 11) is 0. The molecule has 1 N–H and O–H groups in total. The Labute approximate surface area is 197 Å². The van der Waals surface area contributed by atoms with Gasteiger partial charge in [-0.15, -0.1) is 10.2 Å². The van der Waals surface area contributed by atoms with Crippen LogP contribution in [0.3, 0.4) is 0 Å². The molecule has 32 heavy (non-hydrogen) atoms. The van der Waals surface area contributed by atoms with Gasteiger partial charge in [0.2, 0.25) is 5.91 Å². The zero-order valence-electron chi connectivity index (χ0n) is 17.6. The first-order chi connectivity index (χ1) is 15.7. The van der Waals surface area contributed by atoms with Crippen molar-refractivity contribution in [2.45, 2.75) is 37.2 Å². The second-order valence-electron chi connectivity index (χ2n) is 7.49. The van der Waals surface area contributed by atoms with Crippen molar-refractivity contribution in [2.75, 3.05) is 12.4 Å². The van der Waals surface area contributed by atoms with Crippen LogP contribution < -0.4 is 5.32 Å². The van der Waals surface area contributed by atoms with E-state index in [1.54, 1.807) is 23.9 Å². The summed E-state index contributed by atoms with van der Waals surface area (Å²) < 4.78 is 7.80. The van der Waals surface area contributed by atoms with Crippen LogP contribution >= 0.6 is 23.4 Å². The summed E-state index contributed by atoms with van der Waals surface area (Å²) >= 11 is 7.79. The molecule has 0 unspecified atom stereocenters. The van der Waals surface area contributed by atoms with Crippen molar-refractivity contribution < 1.29 is 9.53 Å². The third-order valence-electron chi connectivity index (χ3n) is 5.14. The number of benzene rings is 2. The fourth-order valence-corrected chi connectivity index (χ4v) is 4.65. The Kier molecular flexibility index (Phi) is 7.98. The minimum absolute atomic E-state index is 0.215. The fraction of sp³-hybridized carbons (Fsp3) is 0.292. The maximum atomic E-state index is 12.4. The van der Waals surface area contributed by atoms with Crippen molar-refractivity contribution in [1.29, 1.82) is 0 Å². The van der Waals surface area contributed by atoms with Gasteiger partial charge in [-0.1, -0.05) is 71.9 Å². The van der Waals surface area contributed by atoms with Gasteiger partial charge in [0.05, 0.1) is 19.2 Å². The molecule has 1 saturated heterocycles. The van der Waals surface area contributed by atoms with E-state index in [-0.39, 0.29) is 18.6 Å². The maximum absolute atomic E-state index is 12.4. The van der Waals surface area contributed by atoms with Crippen molar-refractivity contribution in [3.63, 3.8) is 0 Å². The minimum Gasteiger partial charge on any atom is -0.377 e. The summed E-state index contributed by atoms with van der Waals surface area (Å²) in [5.41, 5.74) is 1.95. The Balaban J connectivity index is 1.43. The molecule has 0 spiro atoms. The standard InChI is InChI=1S/C24H25ClN4O2S/c25-21-11-5-4-9-19(21)12-13-23(30)26-15-22-27-28-24(32-17-20-10-6-14-31-20)29(22)16-18-7-2-1-3-8-18/h1-5,7-9,11-13,20H,6,10,14-17H2,(H,26,30)/b13-12+/t20-/m0/s1. The van der Waals surface area contributed by atoms with Crippen LogP contribution in [-0.2, 0) is 22.6 Å². The van der Waals surface area contributed by atoms with Crippen LogP contribution in [0.15, 0.2) is 65.8 Å². The first-order valence-electron chi connectivity index (χ1n) is 10.6. The van der Waals surface area contributed by atoms with E-state index < -0.39 is 0 Å². The number of rotatable bonds is 9. The topological polar surface area (TPSA) is 69.0 Å². The zero-order chi connectivity index (χ0) is 22.2. The van der Waals surface area contributed by atoms with Crippen LogP contribution in [0.1, 0.15) is 29.8 Å². The minimum atomic E-state index is -0.215. The highest BCUT2D eigenvalue weighted by molar-refractivity contribution is 7.99. The molecule has 4 rings (SSSR count). The van der Waals surface area contributed by atoms with Crippen molar-refractivity contribution >= 4 is 35.3 Å². The van der Waals surface area contributed by atoms with E-state index in [4.69, 9.17) is 16.3 Å². The number of ether oxygens (including phenoxy) is 1. The third-order valence-corrected chi connectivity index (χ3v) is 6.58. The molecule has 166 valence electrons. The molecule has 1 aliphatic rings. The molecular weight excluding hydrogens is 444 g/mol. The highest BCUT2D eigenvalue weighted by atomic mass is 35.5. The van der Waals surface area contributed by atoms with Crippen LogP contribution in [0.4, 0.5) is 0 Å². The van der Waals surface area contributed by atoms with Gasteiger partial charge >= 0.3 is 0 Å². The van der Waals surface area contributed by atoms with Crippen molar-refractivity contribution in [3.05, 3.63) is 82.6 Å². The lowest BCUT2D eigenvalue weighted by Crippen LogP contribution is -2.23. The van der Waals surface area contributed by atoms with Gasteiger partial charge in [-0.25, -0.2) is 0 Å². The summed E-state index contributed by atoms with van der Waals surface area (Å²) in [6, 6.07) is 17.6. The molecule has 3 aromatic rings. The average molecular weight is 469 g/mol. The van der Waals surface area contributed by atoms with Crippen LogP contribution in [0.2, 0.25) is 5.02 Å². The Morgan fingerprint density at radius 2 is 2.00 bits per heavy atom. The summed E-state index contributed by atoms with van der Waals surface area (Å²) in [6.07, 6.45) is 5.64. The van der Waals surface area contributed by atoms with Gasteiger partial charge in [-0.05, 0) is 36.1 Å². The van der Waals surface area contributed by atoms with Gasteiger partial charge in [0.15, 0.2) is 11.0 Å². The Morgan fingerprint density at radius 3 is 2.78 bits per heavy atom. The lowest BCUT2D eigenvalue weighted by atomic mass is 10.2. The van der Waals surface area contributed by atoms with Crippen LogP contribution in [0, 0.1) is 0 Å². The van der Waals surface area contributed by atoms with E-state index in [9.17, 15) is 4.79 Å². The first-order valence-corrected chi connectivity index (χ1v) is 12.0. The Hall–Kier alpha value is -2.61. The number of hydrogen-bond donors (Lipinski definition) is 1. The molecule has 1 amide bonds. The number of hydrogen-bond acceptors (Lipinski definition) is 5. The van der Waals surface area contributed by atoms with E-state index in [0.717, 1.165) is 41.5 Å². The molecule has 0 aliphatic carbocycles. The lowest BCUT2D eigenvalue weighted by molar-refractivity contribution is -0.116. The normalized spacial score (nSPS) is 16.0. The molecule has 0 radical (unpaired) electrons. The Morgan fingerprint density at radius 1 is 1.19 bits per heavy atom. The van der Waals surface area contributed by atoms with Crippen LogP contribution in [0.25, 0.3) is 6.08 Å². The van der Waals surface area contributed by atoms with E-state index in [0.29, 0.717) is 17.4 Å². The highest BCUT2D eigenvalue weighted by Gasteiger charge is 2.19. The number of carbonyl (C=O) groups is 1. The predicted molar refractivity (Wildman–Crippen MR) is 128 cm³/mol. The van der Waals surface area contributed by atoms with Gasteiger partial charge in [-0.3, -0.25) is 4.79 Å². The number of aromatic nitrogens is 3. The predicted octanol–water partition coefficient (Wildman–Crippen LogP) is 4.58. The van der Waals surface area contributed by atoms with Gasteiger partial charge in [0, 0.05) is 23.5 Å². The third kappa shape index (κ3) is 6.22. The van der Waals surface area contributed by atoms with E-state index in [2.05, 4.69) is 32.2 Å². The van der Waals surface area contributed by atoms with Crippen molar-refractivity contribution in [1.82, 2.24) is 20.1 Å². The molecule has 2 aromatic carbocycles. The van der Waals surface area contributed by atoms with Crippen molar-refractivity contribution in [3.8, 4) is 0 Å². The van der Waals surface area contributed by atoms with Gasteiger partial charge < -0.3 is 14.6 Å². The number of carbonyl (C=O) groups excluding carboxylic acids is 1. The second kappa shape index (κ2) is 11.3. The molecule has 1 aliphatic heterocycles. The Bertz CT molecular complexity index is 1060. The molecule has 0 saturated carbocycles. The first kappa shape index (κ1) is 22.6. The van der Waals surface area contributed by atoms with Gasteiger partial charge in [0.25, 0.3) is 0 Å². The van der Waals surface area contributed by atoms with E-state index in [1.807, 2.05) is 36.4 Å². The molecule has 1 atom stereocenters. The maximum Gasteiger partial charge on any atom is 0.244 e. The smallest absolute Gasteiger partial charge is 0.244 e. The number of amides is 1. The van der Waals surface area contributed by atoms with Gasteiger partial charge in [-0.2, -0.15) is 0 Å². The van der Waals surface area contributed by atoms with Gasteiger partial charge in [0.1, 0.15) is 0 Å². The largest absolute Gasteiger partial charge is 0.377 e. The molecular formula is C24H25ClN4O2S. The quantitative estimate of drug-likeness (QED) is 0.367. The summed E-state index contributed by atoms with van der Waals surface area (Å²) in [6.45, 7) is 1.76. The highest BCUT2D eigenvalue weighted by Crippen LogP contribution is 2.24. The van der Waals surface area contributed by atoms with E-state index >= 15 is 0 Å². The number of nitrogens with zero attached hydrogens (tertiary/aromatic N) is 3.